The van der Waals surface area contributed by atoms with Gasteiger partial charge in [-0.1, -0.05) is 0 Å². The topological polar surface area (TPSA) is 65.7 Å². The fraction of sp³-hybridized carbons (Fsp3) is 0.348. The van der Waals surface area contributed by atoms with Crippen molar-refractivity contribution in [3.05, 3.63) is 58.8 Å². The van der Waals surface area contributed by atoms with E-state index < -0.39 is 17.6 Å². The van der Waals surface area contributed by atoms with E-state index in [2.05, 4.69) is 17.1 Å². The molecule has 4 rings (SSSR count). The standard InChI is InChI=1S/C23H23F3N2O3/c1-13-4-3-11-28(13)12-17-18(29)9-10-19-21(17)20(14(2)31-19)22(30)27-16-7-5-15(6-8-16)23(24,25)26/h5-10,13,29H,3-4,11-12H2,1-2H3,(H,27,30). The van der Waals surface area contributed by atoms with Gasteiger partial charge in [0.1, 0.15) is 17.1 Å². The fourth-order valence-electron chi connectivity index (χ4n) is 4.17. The number of likely N-dealkylation sites (tertiary alicyclic amines) is 1. The first-order chi connectivity index (χ1) is 14.6. The summed E-state index contributed by atoms with van der Waals surface area (Å²) in [6.07, 6.45) is -2.30. The fourth-order valence-corrected chi connectivity index (χ4v) is 4.17. The van der Waals surface area contributed by atoms with Gasteiger partial charge in [-0.3, -0.25) is 9.69 Å². The van der Waals surface area contributed by atoms with Crippen molar-refractivity contribution in [2.45, 2.75) is 45.5 Å². The Kier molecular flexibility index (Phi) is 5.43. The molecule has 0 aliphatic carbocycles. The molecule has 1 atom stereocenters. The van der Waals surface area contributed by atoms with Gasteiger partial charge < -0.3 is 14.8 Å². The molecule has 8 heteroatoms. The summed E-state index contributed by atoms with van der Waals surface area (Å²) in [7, 11) is 0. The van der Waals surface area contributed by atoms with E-state index in [1.165, 1.54) is 12.1 Å². The zero-order valence-corrected chi connectivity index (χ0v) is 17.2. The van der Waals surface area contributed by atoms with Crippen LogP contribution in [0.5, 0.6) is 5.75 Å². The van der Waals surface area contributed by atoms with E-state index in [4.69, 9.17) is 4.42 Å². The van der Waals surface area contributed by atoms with Gasteiger partial charge in [-0.2, -0.15) is 13.2 Å². The van der Waals surface area contributed by atoms with Crippen molar-refractivity contribution in [2.75, 3.05) is 11.9 Å². The van der Waals surface area contributed by atoms with Gasteiger partial charge in [-0.15, -0.1) is 0 Å². The summed E-state index contributed by atoms with van der Waals surface area (Å²) in [6, 6.07) is 7.80. The van der Waals surface area contributed by atoms with E-state index in [0.717, 1.165) is 31.5 Å². The van der Waals surface area contributed by atoms with Crippen LogP contribution in [0.15, 0.2) is 40.8 Å². The zero-order chi connectivity index (χ0) is 22.3. The summed E-state index contributed by atoms with van der Waals surface area (Å²) in [5.41, 5.74) is 0.812. The highest BCUT2D eigenvalue weighted by atomic mass is 19.4. The number of carbonyl (C=O) groups excluding carboxylic acids is 1. The zero-order valence-electron chi connectivity index (χ0n) is 17.2. The maximum atomic E-state index is 13.1. The summed E-state index contributed by atoms with van der Waals surface area (Å²) in [5, 5.41) is 13.7. The highest BCUT2D eigenvalue weighted by Gasteiger charge is 2.30. The minimum absolute atomic E-state index is 0.0796. The Hall–Kier alpha value is -3.00. The van der Waals surface area contributed by atoms with Crippen LogP contribution in [0.3, 0.4) is 0 Å². The Morgan fingerprint density at radius 1 is 1.23 bits per heavy atom. The summed E-state index contributed by atoms with van der Waals surface area (Å²) >= 11 is 0. The average molecular weight is 432 g/mol. The number of phenols is 1. The van der Waals surface area contributed by atoms with Gasteiger partial charge in [0.05, 0.1) is 11.1 Å². The van der Waals surface area contributed by atoms with Crippen LogP contribution in [0.25, 0.3) is 11.0 Å². The van der Waals surface area contributed by atoms with Crippen LogP contribution in [0.2, 0.25) is 0 Å². The number of aryl methyl sites for hydroxylation is 1. The molecule has 0 spiro atoms. The van der Waals surface area contributed by atoms with E-state index in [0.29, 0.717) is 34.9 Å². The summed E-state index contributed by atoms with van der Waals surface area (Å²) in [4.78, 5) is 15.3. The first-order valence-corrected chi connectivity index (χ1v) is 10.1. The number of alkyl halides is 3. The Bertz CT molecular complexity index is 1120. The largest absolute Gasteiger partial charge is 0.508 e. The number of halogens is 3. The second kappa shape index (κ2) is 7.92. The lowest BCUT2D eigenvalue weighted by Gasteiger charge is -2.22. The molecule has 164 valence electrons. The first kappa shape index (κ1) is 21.2. The molecular weight excluding hydrogens is 409 g/mol. The lowest BCUT2D eigenvalue weighted by Crippen LogP contribution is -2.26. The maximum Gasteiger partial charge on any atom is 0.416 e. The number of hydrogen-bond donors (Lipinski definition) is 2. The van der Waals surface area contributed by atoms with Crippen LogP contribution in [0.1, 0.15) is 47.0 Å². The monoisotopic (exact) mass is 432 g/mol. The van der Waals surface area contributed by atoms with E-state index in [9.17, 15) is 23.1 Å². The number of anilines is 1. The van der Waals surface area contributed by atoms with E-state index in [1.807, 2.05) is 0 Å². The third-order valence-electron chi connectivity index (χ3n) is 5.86. The molecule has 5 nitrogen and oxygen atoms in total. The molecule has 0 radical (unpaired) electrons. The Labute approximate surface area is 177 Å². The Morgan fingerprint density at radius 2 is 1.94 bits per heavy atom. The predicted octanol–water partition coefficient (Wildman–Crippen LogP) is 5.70. The lowest BCUT2D eigenvalue weighted by atomic mass is 10.0. The average Bonchev–Trinajstić information content (AvgIpc) is 3.26. The molecule has 1 saturated heterocycles. The Morgan fingerprint density at radius 3 is 2.55 bits per heavy atom. The van der Waals surface area contributed by atoms with Gasteiger partial charge in [-0.25, -0.2) is 0 Å². The van der Waals surface area contributed by atoms with E-state index >= 15 is 0 Å². The van der Waals surface area contributed by atoms with Gasteiger partial charge in [0.2, 0.25) is 0 Å². The minimum Gasteiger partial charge on any atom is -0.508 e. The molecule has 1 amide bonds. The van der Waals surface area contributed by atoms with Crippen molar-refractivity contribution in [3.8, 4) is 5.75 Å². The number of hydrogen-bond acceptors (Lipinski definition) is 4. The third-order valence-corrected chi connectivity index (χ3v) is 5.86. The lowest BCUT2D eigenvalue weighted by molar-refractivity contribution is -0.137. The van der Waals surface area contributed by atoms with Gasteiger partial charge in [0.25, 0.3) is 5.91 Å². The van der Waals surface area contributed by atoms with Crippen molar-refractivity contribution in [1.29, 1.82) is 0 Å². The number of furan rings is 1. The summed E-state index contributed by atoms with van der Waals surface area (Å²) in [6.45, 7) is 5.16. The van der Waals surface area contributed by atoms with Crippen molar-refractivity contribution < 1.29 is 27.5 Å². The van der Waals surface area contributed by atoms with E-state index in [-0.39, 0.29) is 17.0 Å². The number of amides is 1. The van der Waals surface area contributed by atoms with Crippen molar-refractivity contribution in [1.82, 2.24) is 4.90 Å². The van der Waals surface area contributed by atoms with Crippen LogP contribution in [0.4, 0.5) is 18.9 Å². The normalized spacial score (nSPS) is 17.4. The molecule has 1 aliphatic heterocycles. The molecule has 0 bridgehead atoms. The van der Waals surface area contributed by atoms with Crippen LogP contribution in [0, 0.1) is 6.92 Å². The second-order valence-electron chi connectivity index (χ2n) is 7.96. The molecule has 1 aliphatic rings. The summed E-state index contributed by atoms with van der Waals surface area (Å²) in [5.74, 6) is -0.0472. The number of carbonyl (C=O) groups is 1. The van der Waals surface area contributed by atoms with Crippen molar-refractivity contribution in [2.24, 2.45) is 0 Å². The summed E-state index contributed by atoms with van der Waals surface area (Å²) < 4.78 is 44.1. The number of aromatic hydroxyl groups is 1. The number of rotatable bonds is 4. The molecular formula is C23H23F3N2O3. The molecule has 3 aromatic rings. The molecule has 31 heavy (non-hydrogen) atoms. The molecule has 2 aromatic carbocycles. The molecule has 1 fully saturated rings. The van der Waals surface area contributed by atoms with Gasteiger partial charge >= 0.3 is 6.18 Å². The number of nitrogens with one attached hydrogen (secondary N) is 1. The highest BCUT2D eigenvalue weighted by molar-refractivity contribution is 6.14. The number of phenolic OH excluding ortho intramolecular Hbond substituents is 1. The molecule has 2 heterocycles. The quantitative estimate of drug-likeness (QED) is 0.555. The third kappa shape index (κ3) is 4.12. The van der Waals surface area contributed by atoms with Crippen molar-refractivity contribution in [3.63, 3.8) is 0 Å². The first-order valence-electron chi connectivity index (χ1n) is 10.1. The SMILES string of the molecule is Cc1oc2ccc(O)c(CN3CCCC3C)c2c1C(=O)Nc1ccc(C(F)(F)F)cc1. The molecule has 1 unspecified atom stereocenters. The van der Waals surface area contributed by atoms with Crippen LogP contribution < -0.4 is 5.32 Å². The highest BCUT2D eigenvalue weighted by Crippen LogP contribution is 2.36. The molecule has 2 N–H and O–H groups in total. The molecule has 0 saturated carbocycles. The maximum absolute atomic E-state index is 13.1. The number of nitrogens with zero attached hydrogens (tertiary/aromatic N) is 1. The van der Waals surface area contributed by atoms with Crippen molar-refractivity contribution >= 4 is 22.6 Å². The minimum atomic E-state index is -4.45. The molecule has 1 aromatic heterocycles. The van der Waals surface area contributed by atoms with Gasteiger partial charge in [0, 0.05) is 29.2 Å². The Balaban J connectivity index is 1.69. The number of fused-ring (bicyclic) bond motifs is 1. The van der Waals surface area contributed by atoms with Gasteiger partial charge in [-0.05, 0) is 69.6 Å². The van der Waals surface area contributed by atoms with Crippen LogP contribution >= 0.6 is 0 Å². The van der Waals surface area contributed by atoms with Crippen LogP contribution in [-0.4, -0.2) is 28.5 Å². The predicted molar refractivity (Wildman–Crippen MR) is 111 cm³/mol. The van der Waals surface area contributed by atoms with E-state index in [1.54, 1.807) is 19.1 Å². The second-order valence-corrected chi connectivity index (χ2v) is 7.96. The van der Waals surface area contributed by atoms with Gasteiger partial charge in [0.15, 0.2) is 0 Å². The smallest absolute Gasteiger partial charge is 0.416 e. The number of benzene rings is 2. The van der Waals surface area contributed by atoms with Crippen LogP contribution in [-0.2, 0) is 12.7 Å².